The van der Waals surface area contributed by atoms with Gasteiger partial charge in [0.05, 0.1) is 16.7 Å². The first-order valence-corrected chi connectivity index (χ1v) is 10.2. The minimum Gasteiger partial charge on any atom is -0.337 e. The summed E-state index contributed by atoms with van der Waals surface area (Å²) in [6.45, 7) is 12.1. The molecule has 6 heteroatoms. The van der Waals surface area contributed by atoms with Gasteiger partial charge in [-0.15, -0.1) is 0 Å². The highest BCUT2D eigenvalue weighted by Crippen LogP contribution is 2.23. The SMILES string of the molecule is CCC(C)n1c(SCC(=O)N(C(C)C)C(C)C)nc2ccccc2c1=O. The Balaban J connectivity index is 2.39. The van der Waals surface area contributed by atoms with Crippen molar-refractivity contribution in [2.75, 3.05) is 5.75 Å². The highest BCUT2D eigenvalue weighted by molar-refractivity contribution is 7.99. The maximum Gasteiger partial charge on any atom is 0.262 e. The topological polar surface area (TPSA) is 55.2 Å². The van der Waals surface area contributed by atoms with Gasteiger partial charge in [-0.25, -0.2) is 4.98 Å². The molecule has 26 heavy (non-hydrogen) atoms. The van der Waals surface area contributed by atoms with Gasteiger partial charge >= 0.3 is 0 Å². The van der Waals surface area contributed by atoms with Crippen LogP contribution >= 0.6 is 11.8 Å². The van der Waals surface area contributed by atoms with Crippen molar-refractivity contribution in [1.29, 1.82) is 0 Å². The summed E-state index contributed by atoms with van der Waals surface area (Å²) < 4.78 is 1.73. The number of nitrogens with zero attached hydrogens (tertiary/aromatic N) is 3. The summed E-state index contributed by atoms with van der Waals surface area (Å²) in [5, 5.41) is 1.23. The van der Waals surface area contributed by atoms with Gasteiger partial charge in [-0.3, -0.25) is 14.2 Å². The summed E-state index contributed by atoms with van der Waals surface area (Å²) in [4.78, 5) is 32.2. The van der Waals surface area contributed by atoms with E-state index >= 15 is 0 Å². The fraction of sp³-hybridized carbons (Fsp3) is 0.550. The number of fused-ring (bicyclic) bond motifs is 1. The van der Waals surface area contributed by atoms with E-state index in [-0.39, 0.29) is 35.3 Å². The van der Waals surface area contributed by atoms with E-state index in [1.807, 2.05) is 70.7 Å². The maximum atomic E-state index is 13.0. The number of amides is 1. The van der Waals surface area contributed by atoms with Crippen molar-refractivity contribution in [1.82, 2.24) is 14.5 Å². The molecule has 0 N–H and O–H groups in total. The molecular weight excluding hydrogens is 346 g/mol. The summed E-state index contributed by atoms with van der Waals surface area (Å²) >= 11 is 1.35. The zero-order valence-corrected chi connectivity index (χ0v) is 17.3. The van der Waals surface area contributed by atoms with Gasteiger partial charge in [-0.2, -0.15) is 0 Å². The second kappa shape index (κ2) is 8.71. The average Bonchev–Trinajstić information content (AvgIpc) is 2.58. The van der Waals surface area contributed by atoms with Crippen LogP contribution < -0.4 is 5.56 Å². The predicted octanol–water partition coefficient (Wildman–Crippen LogP) is 4.11. The van der Waals surface area contributed by atoms with Crippen molar-refractivity contribution in [3.05, 3.63) is 34.6 Å². The minimum absolute atomic E-state index is 0.0310. The zero-order chi connectivity index (χ0) is 19.4. The van der Waals surface area contributed by atoms with Crippen molar-refractivity contribution in [3.63, 3.8) is 0 Å². The molecule has 2 aromatic rings. The maximum absolute atomic E-state index is 13.0. The molecule has 142 valence electrons. The van der Waals surface area contributed by atoms with Crippen LogP contribution in [0.2, 0.25) is 0 Å². The smallest absolute Gasteiger partial charge is 0.262 e. The number of hydrogen-bond donors (Lipinski definition) is 0. The minimum atomic E-state index is -0.0375. The molecule has 0 radical (unpaired) electrons. The van der Waals surface area contributed by atoms with E-state index in [0.717, 1.165) is 6.42 Å². The molecule has 1 unspecified atom stereocenters. The monoisotopic (exact) mass is 375 g/mol. The molecule has 1 aromatic heterocycles. The van der Waals surface area contributed by atoms with Gasteiger partial charge in [0, 0.05) is 18.1 Å². The number of aromatic nitrogens is 2. The lowest BCUT2D eigenvalue weighted by Gasteiger charge is -2.30. The normalized spacial score (nSPS) is 12.8. The molecule has 1 heterocycles. The van der Waals surface area contributed by atoms with Crippen LogP contribution in [0, 0.1) is 0 Å². The molecule has 2 rings (SSSR count). The molecule has 1 aromatic carbocycles. The van der Waals surface area contributed by atoms with E-state index in [0.29, 0.717) is 16.1 Å². The molecule has 0 aliphatic rings. The summed E-state index contributed by atoms with van der Waals surface area (Å²) in [7, 11) is 0. The lowest BCUT2D eigenvalue weighted by atomic mass is 10.2. The Labute approximate surface area is 159 Å². The van der Waals surface area contributed by atoms with Gasteiger partial charge < -0.3 is 4.90 Å². The van der Waals surface area contributed by atoms with Crippen molar-refractivity contribution in [2.24, 2.45) is 0 Å². The summed E-state index contributed by atoms with van der Waals surface area (Å²) in [6.07, 6.45) is 0.825. The lowest BCUT2D eigenvalue weighted by molar-refractivity contribution is -0.131. The van der Waals surface area contributed by atoms with Gasteiger partial charge in [0.25, 0.3) is 5.56 Å². The first-order chi connectivity index (χ1) is 12.3. The number of rotatable bonds is 7. The molecule has 1 amide bonds. The number of benzene rings is 1. The van der Waals surface area contributed by atoms with Crippen molar-refractivity contribution >= 4 is 28.6 Å². The third-order valence-electron chi connectivity index (χ3n) is 4.53. The van der Waals surface area contributed by atoms with Gasteiger partial charge in [0.1, 0.15) is 0 Å². The van der Waals surface area contributed by atoms with Crippen LogP contribution in [0.5, 0.6) is 0 Å². The van der Waals surface area contributed by atoms with Crippen LogP contribution in [-0.2, 0) is 4.79 Å². The lowest BCUT2D eigenvalue weighted by Crippen LogP contribution is -2.43. The van der Waals surface area contributed by atoms with E-state index in [9.17, 15) is 9.59 Å². The Morgan fingerprint density at radius 2 is 1.77 bits per heavy atom. The first kappa shape index (κ1) is 20.5. The van der Waals surface area contributed by atoms with E-state index in [2.05, 4.69) is 4.98 Å². The third kappa shape index (κ3) is 4.29. The molecule has 0 bridgehead atoms. The molecule has 0 saturated heterocycles. The predicted molar refractivity (Wildman–Crippen MR) is 109 cm³/mol. The molecule has 0 aliphatic heterocycles. The Morgan fingerprint density at radius 1 is 1.15 bits per heavy atom. The van der Waals surface area contributed by atoms with Gasteiger partial charge in [0.2, 0.25) is 5.91 Å². The number of para-hydroxylation sites is 1. The number of carbonyl (C=O) groups excluding carboxylic acids is 1. The number of carbonyl (C=O) groups is 1. The third-order valence-corrected chi connectivity index (χ3v) is 5.47. The van der Waals surface area contributed by atoms with Crippen LogP contribution in [0.3, 0.4) is 0 Å². The highest BCUT2D eigenvalue weighted by atomic mass is 32.2. The zero-order valence-electron chi connectivity index (χ0n) is 16.5. The molecular formula is C20H29N3O2S. The Hall–Kier alpha value is -1.82. The van der Waals surface area contributed by atoms with Crippen LogP contribution in [0.15, 0.2) is 34.2 Å². The number of hydrogen-bond acceptors (Lipinski definition) is 4. The van der Waals surface area contributed by atoms with E-state index in [1.165, 1.54) is 11.8 Å². The van der Waals surface area contributed by atoms with E-state index < -0.39 is 0 Å². The molecule has 0 fully saturated rings. The van der Waals surface area contributed by atoms with Gasteiger partial charge in [-0.05, 0) is 53.2 Å². The van der Waals surface area contributed by atoms with Crippen molar-refractivity contribution in [3.8, 4) is 0 Å². The largest absolute Gasteiger partial charge is 0.337 e. The number of thioether (sulfide) groups is 1. The Bertz CT molecular complexity index is 821. The van der Waals surface area contributed by atoms with Crippen LogP contribution in [0.4, 0.5) is 0 Å². The molecule has 0 aliphatic carbocycles. The summed E-state index contributed by atoms with van der Waals surface area (Å²) in [5.41, 5.74) is 0.640. The summed E-state index contributed by atoms with van der Waals surface area (Å²) in [6, 6.07) is 7.70. The second-order valence-corrected chi connectivity index (χ2v) is 8.06. The molecule has 5 nitrogen and oxygen atoms in total. The molecule has 1 atom stereocenters. The van der Waals surface area contributed by atoms with Gasteiger partial charge in [0.15, 0.2) is 5.16 Å². The fourth-order valence-electron chi connectivity index (χ4n) is 3.17. The van der Waals surface area contributed by atoms with Crippen LogP contribution in [0.1, 0.15) is 54.0 Å². The van der Waals surface area contributed by atoms with Crippen molar-refractivity contribution < 1.29 is 4.79 Å². The Kier molecular flexibility index (Phi) is 6.87. The van der Waals surface area contributed by atoms with Crippen LogP contribution in [0.25, 0.3) is 10.9 Å². The molecule has 0 spiro atoms. The van der Waals surface area contributed by atoms with Gasteiger partial charge in [-0.1, -0.05) is 30.8 Å². The molecule has 0 saturated carbocycles. The van der Waals surface area contributed by atoms with Crippen LogP contribution in [-0.4, -0.2) is 38.2 Å². The van der Waals surface area contributed by atoms with E-state index in [4.69, 9.17) is 0 Å². The van der Waals surface area contributed by atoms with Crippen molar-refractivity contribution in [2.45, 2.75) is 71.2 Å². The highest BCUT2D eigenvalue weighted by Gasteiger charge is 2.22. The fourth-order valence-corrected chi connectivity index (χ4v) is 4.14. The average molecular weight is 376 g/mol. The second-order valence-electron chi connectivity index (χ2n) is 7.12. The van der Waals surface area contributed by atoms with E-state index in [1.54, 1.807) is 4.57 Å². The summed E-state index contributed by atoms with van der Waals surface area (Å²) in [5.74, 6) is 0.343. The Morgan fingerprint density at radius 3 is 2.35 bits per heavy atom. The standard InChI is InChI=1S/C20H29N3O2S/c1-7-15(6)23-19(25)16-10-8-9-11-17(16)21-20(23)26-12-18(24)22(13(2)3)14(4)5/h8-11,13-15H,7,12H2,1-6H3. The first-order valence-electron chi connectivity index (χ1n) is 9.23. The quantitative estimate of drug-likeness (QED) is 0.540.